The number of hydrogen-bond acceptors (Lipinski definition) is 5. The Morgan fingerprint density at radius 1 is 1.08 bits per heavy atom. The molecule has 2 N–H and O–H groups in total. The summed E-state index contributed by atoms with van der Waals surface area (Å²) in [6, 6.07) is 8.73. The minimum atomic E-state index is -0.518. The maximum Gasteiger partial charge on any atom is 0.276 e. The van der Waals surface area contributed by atoms with Crippen LogP contribution in [0.1, 0.15) is 28.4 Å². The zero-order valence-corrected chi connectivity index (χ0v) is 14.5. The normalized spacial score (nSPS) is 10.0. The molecule has 0 fully saturated rings. The minimum Gasteiger partial charge on any atom is -0.484 e. The van der Waals surface area contributed by atoms with Gasteiger partial charge < -0.3 is 9.47 Å². The van der Waals surface area contributed by atoms with Crippen LogP contribution in [0.5, 0.6) is 11.6 Å². The number of nitrogens with one attached hydrogen (secondary N) is 2. The standard InChI is InChI=1S/C18H21N3O4/c1-4-24-18-15(6-5-9-19-18)17(23)21-20-16(22)11-25-14-8-7-12(2)13(3)10-14/h5-10H,4,11H2,1-3H3,(H,20,22)(H,21,23). The van der Waals surface area contributed by atoms with Gasteiger partial charge in [-0.1, -0.05) is 6.07 Å². The van der Waals surface area contributed by atoms with E-state index in [2.05, 4.69) is 15.8 Å². The number of pyridine rings is 1. The third kappa shape index (κ3) is 5.20. The predicted molar refractivity (Wildman–Crippen MR) is 92.4 cm³/mol. The Hall–Kier alpha value is -3.09. The van der Waals surface area contributed by atoms with Gasteiger partial charge >= 0.3 is 0 Å². The summed E-state index contributed by atoms with van der Waals surface area (Å²) in [5.41, 5.74) is 7.07. The Bertz CT molecular complexity index is 762. The molecule has 7 heteroatoms. The fourth-order valence-corrected chi connectivity index (χ4v) is 2.00. The van der Waals surface area contributed by atoms with Crippen molar-refractivity contribution in [1.82, 2.24) is 15.8 Å². The van der Waals surface area contributed by atoms with Crippen LogP contribution in [0.15, 0.2) is 36.5 Å². The summed E-state index contributed by atoms with van der Waals surface area (Å²) in [4.78, 5) is 27.9. The maximum atomic E-state index is 12.1. The van der Waals surface area contributed by atoms with Gasteiger partial charge in [0.25, 0.3) is 11.8 Å². The highest BCUT2D eigenvalue weighted by atomic mass is 16.5. The molecule has 0 saturated carbocycles. The summed E-state index contributed by atoms with van der Waals surface area (Å²) in [6.07, 6.45) is 1.53. The molecule has 1 heterocycles. The molecule has 2 rings (SSSR count). The largest absolute Gasteiger partial charge is 0.484 e. The molecule has 25 heavy (non-hydrogen) atoms. The van der Waals surface area contributed by atoms with Gasteiger partial charge in [-0.05, 0) is 56.2 Å². The van der Waals surface area contributed by atoms with Crippen LogP contribution in [0.2, 0.25) is 0 Å². The molecule has 0 unspecified atom stereocenters. The Kier molecular flexibility index (Phi) is 6.33. The summed E-state index contributed by atoms with van der Waals surface area (Å²) in [6.45, 7) is 5.92. The number of aryl methyl sites for hydroxylation is 2. The highest BCUT2D eigenvalue weighted by Gasteiger charge is 2.14. The molecule has 2 amide bonds. The van der Waals surface area contributed by atoms with E-state index < -0.39 is 11.8 Å². The topological polar surface area (TPSA) is 89.5 Å². The Morgan fingerprint density at radius 2 is 1.88 bits per heavy atom. The fourth-order valence-electron chi connectivity index (χ4n) is 2.00. The van der Waals surface area contributed by atoms with E-state index in [1.54, 1.807) is 25.1 Å². The third-order valence-corrected chi connectivity index (χ3v) is 3.46. The van der Waals surface area contributed by atoms with E-state index in [0.29, 0.717) is 12.4 Å². The lowest BCUT2D eigenvalue weighted by atomic mass is 10.1. The lowest BCUT2D eigenvalue weighted by Crippen LogP contribution is -2.44. The number of amides is 2. The second kappa shape index (κ2) is 8.68. The smallest absolute Gasteiger partial charge is 0.276 e. The fraction of sp³-hybridized carbons (Fsp3) is 0.278. The average Bonchev–Trinajstić information content (AvgIpc) is 2.61. The molecule has 0 aliphatic rings. The van der Waals surface area contributed by atoms with Gasteiger partial charge in [0.2, 0.25) is 5.88 Å². The molecule has 0 spiro atoms. The molecule has 132 valence electrons. The number of hydrazine groups is 1. The summed E-state index contributed by atoms with van der Waals surface area (Å²) in [5.74, 6) is -0.192. The second-order valence-corrected chi connectivity index (χ2v) is 5.33. The van der Waals surface area contributed by atoms with Gasteiger partial charge in [-0.25, -0.2) is 4.98 Å². The van der Waals surface area contributed by atoms with Crippen LogP contribution in [-0.2, 0) is 4.79 Å². The minimum absolute atomic E-state index is 0.211. The molecule has 0 atom stereocenters. The lowest BCUT2D eigenvalue weighted by Gasteiger charge is -2.11. The maximum absolute atomic E-state index is 12.1. The van der Waals surface area contributed by atoms with Crippen LogP contribution in [0.25, 0.3) is 0 Å². The lowest BCUT2D eigenvalue weighted by molar-refractivity contribution is -0.123. The number of nitrogens with zero attached hydrogens (tertiary/aromatic N) is 1. The molecule has 0 bridgehead atoms. The van der Waals surface area contributed by atoms with Crippen molar-refractivity contribution in [2.75, 3.05) is 13.2 Å². The molecule has 1 aromatic carbocycles. The Morgan fingerprint density at radius 3 is 2.60 bits per heavy atom. The molecular weight excluding hydrogens is 322 g/mol. The van der Waals surface area contributed by atoms with Crippen LogP contribution >= 0.6 is 0 Å². The van der Waals surface area contributed by atoms with Crippen LogP contribution in [0, 0.1) is 13.8 Å². The quantitative estimate of drug-likeness (QED) is 0.783. The zero-order chi connectivity index (χ0) is 18.2. The van der Waals surface area contributed by atoms with Crippen molar-refractivity contribution in [3.63, 3.8) is 0 Å². The number of carbonyl (C=O) groups excluding carboxylic acids is 2. The first-order chi connectivity index (χ1) is 12.0. The van der Waals surface area contributed by atoms with E-state index >= 15 is 0 Å². The van der Waals surface area contributed by atoms with E-state index in [-0.39, 0.29) is 18.1 Å². The summed E-state index contributed by atoms with van der Waals surface area (Å²) in [5, 5.41) is 0. The zero-order valence-electron chi connectivity index (χ0n) is 14.5. The third-order valence-electron chi connectivity index (χ3n) is 3.46. The van der Waals surface area contributed by atoms with Crippen molar-refractivity contribution in [3.05, 3.63) is 53.2 Å². The Labute approximate surface area is 146 Å². The van der Waals surface area contributed by atoms with Crippen molar-refractivity contribution in [2.24, 2.45) is 0 Å². The summed E-state index contributed by atoms with van der Waals surface area (Å²) < 4.78 is 10.7. The van der Waals surface area contributed by atoms with Gasteiger partial charge in [0.05, 0.1) is 6.61 Å². The van der Waals surface area contributed by atoms with Crippen LogP contribution in [0.3, 0.4) is 0 Å². The van der Waals surface area contributed by atoms with E-state index in [9.17, 15) is 9.59 Å². The number of carbonyl (C=O) groups is 2. The van der Waals surface area contributed by atoms with E-state index in [1.165, 1.54) is 6.20 Å². The van der Waals surface area contributed by atoms with E-state index in [1.807, 2.05) is 26.0 Å². The van der Waals surface area contributed by atoms with Crippen LogP contribution in [0.4, 0.5) is 0 Å². The van der Waals surface area contributed by atoms with Crippen molar-refractivity contribution in [3.8, 4) is 11.6 Å². The first kappa shape index (κ1) is 18.3. The van der Waals surface area contributed by atoms with Crippen LogP contribution in [-0.4, -0.2) is 30.0 Å². The first-order valence-electron chi connectivity index (χ1n) is 7.88. The second-order valence-electron chi connectivity index (χ2n) is 5.33. The van der Waals surface area contributed by atoms with Crippen molar-refractivity contribution >= 4 is 11.8 Å². The monoisotopic (exact) mass is 343 g/mol. The molecule has 7 nitrogen and oxygen atoms in total. The van der Waals surface area contributed by atoms with Gasteiger partial charge in [-0.15, -0.1) is 0 Å². The molecule has 0 radical (unpaired) electrons. The Balaban J connectivity index is 1.85. The van der Waals surface area contributed by atoms with Crippen LogP contribution < -0.4 is 20.3 Å². The molecular formula is C18H21N3O4. The van der Waals surface area contributed by atoms with Gasteiger partial charge in [-0.3, -0.25) is 20.4 Å². The average molecular weight is 343 g/mol. The van der Waals surface area contributed by atoms with E-state index in [4.69, 9.17) is 9.47 Å². The molecule has 2 aromatic rings. The van der Waals surface area contributed by atoms with Gasteiger partial charge in [0.15, 0.2) is 6.61 Å². The molecule has 0 aliphatic heterocycles. The molecule has 0 saturated heterocycles. The summed E-state index contributed by atoms with van der Waals surface area (Å²) >= 11 is 0. The van der Waals surface area contributed by atoms with Crippen molar-refractivity contribution < 1.29 is 19.1 Å². The summed E-state index contributed by atoms with van der Waals surface area (Å²) in [7, 11) is 0. The highest BCUT2D eigenvalue weighted by Crippen LogP contribution is 2.16. The number of rotatable bonds is 6. The highest BCUT2D eigenvalue weighted by molar-refractivity contribution is 5.97. The number of aromatic nitrogens is 1. The number of benzene rings is 1. The van der Waals surface area contributed by atoms with Gasteiger partial charge in [-0.2, -0.15) is 0 Å². The number of hydrogen-bond donors (Lipinski definition) is 2. The molecule has 1 aromatic heterocycles. The SMILES string of the molecule is CCOc1ncccc1C(=O)NNC(=O)COc1ccc(C)c(C)c1. The van der Waals surface area contributed by atoms with Gasteiger partial charge in [0, 0.05) is 6.20 Å². The van der Waals surface area contributed by atoms with Crippen molar-refractivity contribution in [1.29, 1.82) is 0 Å². The first-order valence-corrected chi connectivity index (χ1v) is 7.88. The molecule has 0 aliphatic carbocycles. The van der Waals surface area contributed by atoms with E-state index in [0.717, 1.165) is 11.1 Å². The van der Waals surface area contributed by atoms with Gasteiger partial charge in [0.1, 0.15) is 11.3 Å². The van der Waals surface area contributed by atoms with Crippen molar-refractivity contribution in [2.45, 2.75) is 20.8 Å². The predicted octanol–water partition coefficient (Wildman–Crippen LogP) is 1.94. The number of ether oxygens (including phenoxy) is 2.